The number of rotatable bonds is 6. The second-order valence-electron chi connectivity index (χ2n) is 9.62. The molecule has 1 spiro atoms. The van der Waals surface area contributed by atoms with E-state index in [1.54, 1.807) is 12.1 Å². The van der Waals surface area contributed by atoms with Gasteiger partial charge < -0.3 is 5.32 Å². The maximum absolute atomic E-state index is 13.2. The SMILES string of the molecule is O=C(CC1CC2(CCN(Cc3ccc(F)cc3)CC2)c2ccccc21)NCC1CC1. The highest BCUT2D eigenvalue weighted by Gasteiger charge is 2.45. The van der Waals surface area contributed by atoms with Crippen molar-refractivity contribution in [1.29, 1.82) is 0 Å². The standard InChI is InChI=1S/C26H31FN2O/c27-22-9-7-20(8-10-22)18-29-13-11-26(12-14-29)16-21(23-3-1-2-4-24(23)26)15-25(30)28-17-19-5-6-19/h1-4,7-10,19,21H,5-6,11-18H2,(H,28,30). The molecule has 1 saturated heterocycles. The number of nitrogens with one attached hydrogen (secondary N) is 1. The number of fused-ring (bicyclic) bond motifs is 2. The number of hydrogen-bond acceptors (Lipinski definition) is 2. The summed E-state index contributed by atoms with van der Waals surface area (Å²) in [5.41, 5.74) is 4.25. The zero-order chi connectivity index (χ0) is 20.6. The van der Waals surface area contributed by atoms with Crippen LogP contribution in [0.3, 0.4) is 0 Å². The first-order valence-corrected chi connectivity index (χ1v) is 11.4. The van der Waals surface area contributed by atoms with Crippen LogP contribution in [0.15, 0.2) is 48.5 Å². The highest BCUT2D eigenvalue weighted by molar-refractivity contribution is 5.77. The average molecular weight is 407 g/mol. The summed E-state index contributed by atoms with van der Waals surface area (Å²) in [6, 6.07) is 15.7. The van der Waals surface area contributed by atoms with Crippen molar-refractivity contribution in [1.82, 2.24) is 10.2 Å². The molecule has 2 aromatic carbocycles. The quantitative estimate of drug-likeness (QED) is 0.750. The van der Waals surface area contributed by atoms with E-state index in [1.165, 1.54) is 29.5 Å². The first-order valence-electron chi connectivity index (χ1n) is 11.4. The molecule has 1 heterocycles. The van der Waals surface area contributed by atoms with Crippen molar-refractivity contribution in [2.24, 2.45) is 5.92 Å². The van der Waals surface area contributed by atoms with Gasteiger partial charge in [0, 0.05) is 19.5 Å². The van der Waals surface area contributed by atoms with Gasteiger partial charge in [0.2, 0.25) is 5.91 Å². The first-order chi connectivity index (χ1) is 14.6. The summed E-state index contributed by atoms with van der Waals surface area (Å²) in [6.07, 6.45) is 6.50. The molecular formula is C26H31FN2O. The zero-order valence-electron chi connectivity index (χ0n) is 17.6. The Hall–Kier alpha value is -2.20. The summed E-state index contributed by atoms with van der Waals surface area (Å²) in [5, 5.41) is 3.16. The number of nitrogens with zero attached hydrogens (tertiary/aromatic N) is 1. The van der Waals surface area contributed by atoms with Crippen molar-refractivity contribution in [3.8, 4) is 0 Å². The van der Waals surface area contributed by atoms with Gasteiger partial charge in [0.15, 0.2) is 0 Å². The third kappa shape index (κ3) is 4.15. The van der Waals surface area contributed by atoms with Gasteiger partial charge in [-0.05, 0) is 91.3 Å². The van der Waals surface area contributed by atoms with E-state index in [4.69, 9.17) is 0 Å². The fourth-order valence-electron chi connectivity index (χ4n) is 5.55. The molecule has 2 aromatic rings. The highest BCUT2D eigenvalue weighted by atomic mass is 19.1. The average Bonchev–Trinajstić information content (AvgIpc) is 3.55. The van der Waals surface area contributed by atoms with E-state index in [0.717, 1.165) is 51.4 Å². The molecule has 5 rings (SSSR count). The van der Waals surface area contributed by atoms with Gasteiger partial charge in [0.1, 0.15) is 5.82 Å². The maximum Gasteiger partial charge on any atom is 0.220 e. The number of carbonyl (C=O) groups excluding carboxylic acids is 1. The lowest BCUT2D eigenvalue weighted by Crippen LogP contribution is -2.41. The van der Waals surface area contributed by atoms with E-state index in [2.05, 4.69) is 34.5 Å². The molecule has 1 N–H and O–H groups in total. The second kappa shape index (κ2) is 8.14. The molecule has 0 aromatic heterocycles. The molecular weight excluding hydrogens is 375 g/mol. The molecule has 1 aliphatic heterocycles. The minimum absolute atomic E-state index is 0.175. The van der Waals surface area contributed by atoms with Crippen LogP contribution < -0.4 is 5.32 Å². The maximum atomic E-state index is 13.2. The van der Waals surface area contributed by atoms with E-state index in [0.29, 0.717) is 12.3 Å². The van der Waals surface area contributed by atoms with Gasteiger partial charge in [0.05, 0.1) is 0 Å². The number of piperidine rings is 1. The van der Waals surface area contributed by atoms with E-state index < -0.39 is 0 Å². The van der Waals surface area contributed by atoms with Crippen LogP contribution in [0.5, 0.6) is 0 Å². The highest BCUT2D eigenvalue weighted by Crippen LogP contribution is 2.52. The number of carbonyl (C=O) groups is 1. The number of likely N-dealkylation sites (tertiary alicyclic amines) is 1. The third-order valence-corrected chi connectivity index (χ3v) is 7.46. The van der Waals surface area contributed by atoms with Crippen LogP contribution in [0.4, 0.5) is 4.39 Å². The van der Waals surface area contributed by atoms with Gasteiger partial charge in [-0.25, -0.2) is 4.39 Å². The van der Waals surface area contributed by atoms with Gasteiger partial charge in [-0.3, -0.25) is 9.69 Å². The van der Waals surface area contributed by atoms with Crippen LogP contribution in [0, 0.1) is 11.7 Å². The van der Waals surface area contributed by atoms with Gasteiger partial charge in [-0.15, -0.1) is 0 Å². The van der Waals surface area contributed by atoms with Crippen molar-refractivity contribution < 1.29 is 9.18 Å². The van der Waals surface area contributed by atoms with E-state index in [1.807, 2.05) is 12.1 Å². The van der Waals surface area contributed by atoms with E-state index in [9.17, 15) is 9.18 Å². The second-order valence-corrected chi connectivity index (χ2v) is 9.62. The normalized spacial score (nSPS) is 22.8. The lowest BCUT2D eigenvalue weighted by molar-refractivity contribution is -0.121. The van der Waals surface area contributed by atoms with Crippen molar-refractivity contribution in [2.45, 2.75) is 56.4 Å². The monoisotopic (exact) mass is 406 g/mol. The summed E-state index contributed by atoms with van der Waals surface area (Å²) in [4.78, 5) is 15.0. The Morgan fingerprint density at radius 2 is 1.80 bits per heavy atom. The number of amides is 1. The van der Waals surface area contributed by atoms with Crippen LogP contribution >= 0.6 is 0 Å². The molecule has 0 bridgehead atoms. The Balaban J connectivity index is 1.24. The van der Waals surface area contributed by atoms with Crippen LogP contribution in [0.2, 0.25) is 0 Å². The fourth-order valence-corrected chi connectivity index (χ4v) is 5.55. The van der Waals surface area contributed by atoms with Gasteiger partial charge >= 0.3 is 0 Å². The zero-order valence-corrected chi connectivity index (χ0v) is 17.6. The Labute approximate surface area is 178 Å². The van der Waals surface area contributed by atoms with E-state index in [-0.39, 0.29) is 17.1 Å². The lowest BCUT2D eigenvalue weighted by atomic mass is 9.73. The molecule has 2 fully saturated rings. The van der Waals surface area contributed by atoms with Gasteiger partial charge in [0.25, 0.3) is 0 Å². The summed E-state index contributed by atoms with van der Waals surface area (Å²) < 4.78 is 13.2. The Bertz CT molecular complexity index is 898. The van der Waals surface area contributed by atoms with Crippen LogP contribution in [-0.4, -0.2) is 30.4 Å². The molecule has 1 saturated carbocycles. The molecule has 0 radical (unpaired) electrons. The summed E-state index contributed by atoms with van der Waals surface area (Å²) in [5.74, 6) is 1.10. The molecule has 3 nitrogen and oxygen atoms in total. The topological polar surface area (TPSA) is 32.3 Å². The Kier molecular flexibility index (Phi) is 5.36. The predicted molar refractivity (Wildman–Crippen MR) is 117 cm³/mol. The van der Waals surface area contributed by atoms with Crippen molar-refractivity contribution in [3.05, 3.63) is 71.0 Å². The number of halogens is 1. The van der Waals surface area contributed by atoms with E-state index >= 15 is 0 Å². The summed E-state index contributed by atoms with van der Waals surface area (Å²) in [7, 11) is 0. The molecule has 158 valence electrons. The molecule has 1 atom stereocenters. The molecule has 1 amide bonds. The lowest BCUT2D eigenvalue weighted by Gasteiger charge is -2.40. The first kappa shape index (κ1) is 19.7. The number of benzene rings is 2. The number of hydrogen-bond donors (Lipinski definition) is 1. The smallest absolute Gasteiger partial charge is 0.220 e. The predicted octanol–water partition coefficient (Wildman–Crippen LogP) is 4.76. The fraction of sp³-hybridized carbons (Fsp3) is 0.500. The van der Waals surface area contributed by atoms with Gasteiger partial charge in [-0.1, -0.05) is 36.4 Å². The van der Waals surface area contributed by atoms with Crippen molar-refractivity contribution >= 4 is 5.91 Å². The van der Waals surface area contributed by atoms with Gasteiger partial charge in [-0.2, -0.15) is 0 Å². The molecule has 1 unspecified atom stereocenters. The minimum Gasteiger partial charge on any atom is -0.356 e. The largest absolute Gasteiger partial charge is 0.356 e. The third-order valence-electron chi connectivity index (χ3n) is 7.46. The molecule has 2 aliphatic carbocycles. The Morgan fingerprint density at radius 1 is 1.07 bits per heavy atom. The summed E-state index contributed by atoms with van der Waals surface area (Å²) in [6.45, 7) is 3.83. The molecule has 3 aliphatic rings. The minimum atomic E-state index is -0.175. The Morgan fingerprint density at radius 3 is 2.53 bits per heavy atom. The molecule has 30 heavy (non-hydrogen) atoms. The van der Waals surface area contributed by atoms with Crippen molar-refractivity contribution in [3.63, 3.8) is 0 Å². The van der Waals surface area contributed by atoms with Crippen LogP contribution in [0.25, 0.3) is 0 Å². The van der Waals surface area contributed by atoms with Crippen LogP contribution in [-0.2, 0) is 16.8 Å². The van der Waals surface area contributed by atoms with Crippen LogP contribution in [0.1, 0.15) is 61.1 Å². The molecule has 4 heteroatoms. The van der Waals surface area contributed by atoms with Crippen molar-refractivity contribution in [2.75, 3.05) is 19.6 Å². The summed E-state index contributed by atoms with van der Waals surface area (Å²) >= 11 is 0.